The van der Waals surface area contributed by atoms with Gasteiger partial charge in [-0.15, -0.1) is 0 Å². The van der Waals surface area contributed by atoms with Crippen molar-refractivity contribution in [2.75, 3.05) is 12.9 Å². The second-order valence-electron chi connectivity index (χ2n) is 4.40. The molecule has 1 aromatic rings. The number of hydrogen-bond acceptors (Lipinski definition) is 3. The molecule has 106 valence electrons. The van der Waals surface area contributed by atoms with E-state index in [9.17, 15) is 9.18 Å². The Morgan fingerprint density at radius 1 is 1.47 bits per heavy atom. The molecule has 1 aromatic carbocycles. The number of halogens is 1. The van der Waals surface area contributed by atoms with E-state index in [1.807, 2.05) is 13.2 Å². The number of aliphatic hydroxyl groups excluding tert-OH is 1. The molecule has 0 aromatic heterocycles. The molecule has 19 heavy (non-hydrogen) atoms. The molecule has 0 aliphatic heterocycles. The lowest BCUT2D eigenvalue weighted by atomic mass is 10.1. The summed E-state index contributed by atoms with van der Waals surface area (Å²) >= 11 is 1.51. The lowest BCUT2D eigenvalue weighted by Gasteiger charge is -2.21. The molecule has 0 aliphatic rings. The highest BCUT2D eigenvalue weighted by Gasteiger charge is 2.17. The van der Waals surface area contributed by atoms with E-state index in [0.717, 1.165) is 0 Å². The minimum absolute atomic E-state index is 0.0163. The minimum Gasteiger partial charge on any atom is -0.395 e. The molecule has 0 spiro atoms. The fourth-order valence-corrected chi connectivity index (χ4v) is 2.43. The van der Waals surface area contributed by atoms with Crippen LogP contribution in [0.2, 0.25) is 0 Å². The van der Waals surface area contributed by atoms with Crippen molar-refractivity contribution in [3.05, 3.63) is 35.6 Å². The zero-order chi connectivity index (χ0) is 14.3. The van der Waals surface area contributed by atoms with Gasteiger partial charge in [-0.25, -0.2) is 4.39 Å². The first-order valence-electron chi connectivity index (χ1n) is 6.25. The Kier molecular flexibility index (Phi) is 6.87. The van der Waals surface area contributed by atoms with E-state index in [-0.39, 0.29) is 36.0 Å². The maximum absolute atomic E-state index is 13.4. The molecule has 0 bridgehead atoms. The molecule has 2 unspecified atom stereocenters. The molecule has 0 radical (unpaired) electrons. The smallest absolute Gasteiger partial charge is 0.220 e. The van der Waals surface area contributed by atoms with Gasteiger partial charge in [0.2, 0.25) is 5.91 Å². The molecule has 2 N–H and O–H groups in total. The number of hydrogen-bond donors (Lipinski definition) is 2. The molecule has 1 amide bonds. The number of rotatable bonds is 7. The van der Waals surface area contributed by atoms with E-state index < -0.39 is 0 Å². The first-order valence-corrected chi connectivity index (χ1v) is 7.53. The summed E-state index contributed by atoms with van der Waals surface area (Å²) in [6.45, 7) is 1.88. The second kappa shape index (κ2) is 8.17. The molecular formula is C14H20FNO2S. The number of carbonyl (C=O) groups excluding carboxylic acids is 1. The van der Waals surface area contributed by atoms with Gasteiger partial charge < -0.3 is 10.4 Å². The van der Waals surface area contributed by atoms with Crippen LogP contribution in [-0.4, -0.2) is 35.2 Å². The lowest BCUT2D eigenvalue weighted by Crippen LogP contribution is -2.41. The van der Waals surface area contributed by atoms with Crippen molar-refractivity contribution in [1.29, 1.82) is 0 Å². The molecular weight excluding hydrogens is 265 g/mol. The summed E-state index contributed by atoms with van der Waals surface area (Å²) in [7, 11) is 0. The third kappa shape index (κ3) is 5.20. The van der Waals surface area contributed by atoms with Crippen LogP contribution in [0, 0.1) is 5.82 Å². The molecule has 0 saturated heterocycles. The van der Waals surface area contributed by atoms with Gasteiger partial charge in [-0.2, -0.15) is 11.8 Å². The summed E-state index contributed by atoms with van der Waals surface area (Å²) in [6, 6.07) is 6.36. The van der Waals surface area contributed by atoms with Gasteiger partial charge in [0.15, 0.2) is 0 Å². The van der Waals surface area contributed by atoms with Crippen molar-refractivity contribution in [2.45, 2.75) is 31.1 Å². The van der Waals surface area contributed by atoms with Gasteiger partial charge in [-0.05, 0) is 31.2 Å². The Balaban J connectivity index is 2.42. The fraction of sp³-hybridized carbons (Fsp3) is 0.500. The SMILES string of the molecule is CSC(CO)C(C)NC(=O)CCc1ccccc1F. The number of benzene rings is 1. The number of aliphatic hydroxyl groups is 1. The largest absolute Gasteiger partial charge is 0.395 e. The van der Waals surface area contributed by atoms with Gasteiger partial charge in [0, 0.05) is 17.7 Å². The topological polar surface area (TPSA) is 49.3 Å². The van der Waals surface area contributed by atoms with Crippen LogP contribution in [0.25, 0.3) is 0 Å². The van der Waals surface area contributed by atoms with Crippen LogP contribution >= 0.6 is 11.8 Å². The first-order chi connectivity index (χ1) is 9.08. The first kappa shape index (κ1) is 16.0. The summed E-state index contributed by atoms with van der Waals surface area (Å²) in [4.78, 5) is 11.7. The van der Waals surface area contributed by atoms with Crippen molar-refractivity contribution >= 4 is 17.7 Å². The number of aryl methyl sites for hydroxylation is 1. The van der Waals surface area contributed by atoms with Gasteiger partial charge in [0.05, 0.1) is 6.61 Å². The van der Waals surface area contributed by atoms with Crippen LogP contribution in [0.15, 0.2) is 24.3 Å². The Hall–Kier alpha value is -1.07. The maximum Gasteiger partial charge on any atom is 0.220 e. The van der Waals surface area contributed by atoms with Gasteiger partial charge in [0.25, 0.3) is 0 Å². The predicted molar refractivity (Wildman–Crippen MR) is 76.7 cm³/mol. The molecule has 0 aliphatic carbocycles. The summed E-state index contributed by atoms with van der Waals surface area (Å²) in [5.74, 6) is -0.399. The van der Waals surface area contributed by atoms with Crippen LogP contribution < -0.4 is 5.32 Å². The van der Waals surface area contributed by atoms with E-state index in [4.69, 9.17) is 5.11 Å². The Labute approximate surface area is 117 Å². The van der Waals surface area contributed by atoms with E-state index in [0.29, 0.717) is 12.0 Å². The van der Waals surface area contributed by atoms with Crippen molar-refractivity contribution in [3.8, 4) is 0 Å². The maximum atomic E-state index is 13.4. The summed E-state index contributed by atoms with van der Waals surface area (Å²) in [5, 5.41) is 11.9. The van der Waals surface area contributed by atoms with Crippen LogP contribution in [0.5, 0.6) is 0 Å². The Morgan fingerprint density at radius 2 is 2.16 bits per heavy atom. The molecule has 0 fully saturated rings. The van der Waals surface area contributed by atoms with E-state index in [1.54, 1.807) is 18.2 Å². The highest BCUT2D eigenvalue weighted by molar-refractivity contribution is 7.99. The van der Waals surface area contributed by atoms with Crippen LogP contribution in [-0.2, 0) is 11.2 Å². The standard InChI is InChI=1S/C14H20FNO2S/c1-10(13(9-17)19-2)16-14(18)8-7-11-5-3-4-6-12(11)15/h3-6,10,13,17H,7-9H2,1-2H3,(H,16,18). The number of thioether (sulfide) groups is 1. The van der Waals surface area contributed by atoms with Crippen molar-refractivity contribution in [1.82, 2.24) is 5.32 Å². The summed E-state index contributed by atoms with van der Waals surface area (Å²) in [5.41, 5.74) is 0.550. The van der Waals surface area contributed by atoms with E-state index in [1.165, 1.54) is 17.8 Å². The number of amides is 1. The molecule has 5 heteroatoms. The average Bonchev–Trinajstić information content (AvgIpc) is 2.39. The van der Waals surface area contributed by atoms with Crippen molar-refractivity contribution in [3.63, 3.8) is 0 Å². The minimum atomic E-state index is -0.277. The molecule has 3 nitrogen and oxygen atoms in total. The molecule has 0 heterocycles. The summed E-state index contributed by atoms with van der Waals surface area (Å²) < 4.78 is 13.4. The summed E-state index contributed by atoms with van der Waals surface area (Å²) in [6.07, 6.45) is 2.52. The van der Waals surface area contributed by atoms with Crippen LogP contribution in [0.1, 0.15) is 18.9 Å². The molecule has 1 rings (SSSR count). The average molecular weight is 285 g/mol. The van der Waals surface area contributed by atoms with Gasteiger partial charge >= 0.3 is 0 Å². The lowest BCUT2D eigenvalue weighted by molar-refractivity contribution is -0.121. The van der Waals surface area contributed by atoms with Crippen LogP contribution in [0.3, 0.4) is 0 Å². The second-order valence-corrected chi connectivity index (χ2v) is 5.48. The van der Waals surface area contributed by atoms with E-state index in [2.05, 4.69) is 5.32 Å². The Morgan fingerprint density at radius 3 is 2.74 bits per heavy atom. The third-order valence-electron chi connectivity index (χ3n) is 3.01. The number of carbonyl (C=O) groups is 1. The van der Waals surface area contributed by atoms with Crippen LogP contribution in [0.4, 0.5) is 4.39 Å². The highest BCUT2D eigenvalue weighted by Crippen LogP contribution is 2.11. The van der Waals surface area contributed by atoms with Crippen molar-refractivity contribution < 1.29 is 14.3 Å². The quantitative estimate of drug-likeness (QED) is 0.805. The number of nitrogens with one attached hydrogen (secondary N) is 1. The Bertz CT molecular complexity index is 410. The zero-order valence-electron chi connectivity index (χ0n) is 11.2. The zero-order valence-corrected chi connectivity index (χ0v) is 12.0. The third-order valence-corrected chi connectivity index (χ3v) is 4.17. The fourth-order valence-electron chi connectivity index (χ4n) is 1.81. The molecule has 0 saturated carbocycles. The monoisotopic (exact) mass is 285 g/mol. The predicted octanol–water partition coefficient (Wildman–Crippen LogP) is 1.99. The van der Waals surface area contributed by atoms with Gasteiger partial charge in [0.1, 0.15) is 5.82 Å². The normalized spacial score (nSPS) is 13.9. The van der Waals surface area contributed by atoms with Gasteiger partial charge in [-0.1, -0.05) is 18.2 Å². The van der Waals surface area contributed by atoms with Crippen molar-refractivity contribution in [2.24, 2.45) is 0 Å². The molecule has 2 atom stereocenters. The van der Waals surface area contributed by atoms with Gasteiger partial charge in [-0.3, -0.25) is 4.79 Å². The highest BCUT2D eigenvalue weighted by atomic mass is 32.2. The van der Waals surface area contributed by atoms with E-state index >= 15 is 0 Å².